The molecule has 1 atom stereocenters. The molecule has 0 saturated carbocycles. The third-order valence-electron chi connectivity index (χ3n) is 5.63. The second-order valence-electron chi connectivity index (χ2n) is 8.23. The van der Waals surface area contributed by atoms with Crippen LogP contribution in [0.25, 0.3) is 0 Å². The SMILES string of the molecule is CCOC(=O)C1=C(CN(Cc2cccnc2)C(=O)c2cccc(F)c2)NC(=O)NC1c1cccc(F)c1. The number of carbonyl (C=O) groups is 3. The molecule has 0 radical (unpaired) electrons. The molecule has 0 bridgehead atoms. The van der Waals surface area contributed by atoms with Crippen LogP contribution in [0.2, 0.25) is 0 Å². The Bertz CT molecular complexity index is 1350. The second kappa shape index (κ2) is 11.4. The van der Waals surface area contributed by atoms with E-state index in [0.717, 1.165) is 6.07 Å². The maximum Gasteiger partial charge on any atom is 0.338 e. The summed E-state index contributed by atoms with van der Waals surface area (Å²) in [7, 11) is 0. The number of benzene rings is 2. The lowest BCUT2D eigenvalue weighted by molar-refractivity contribution is -0.139. The minimum absolute atomic E-state index is 0.0234. The Kier molecular flexibility index (Phi) is 7.87. The smallest absolute Gasteiger partial charge is 0.338 e. The van der Waals surface area contributed by atoms with E-state index in [-0.39, 0.29) is 36.5 Å². The number of esters is 1. The zero-order chi connectivity index (χ0) is 26.4. The van der Waals surface area contributed by atoms with Crippen LogP contribution in [0.4, 0.5) is 13.6 Å². The highest BCUT2D eigenvalue weighted by Crippen LogP contribution is 2.29. The monoisotopic (exact) mass is 506 g/mol. The van der Waals surface area contributed by atoms with Crippen LogP contribution in [0.1, 0.15) is 34.5 Å². The van der Waals surface area contributed by atoms with Crippen molar-refractivity contribution in [1.82, 2.24) is 20.5 Å². The van der Waals surface area contributed by atoms with Crippen LogP contribution < -0.4 is 10.6 Å². The number of carbonyl (C=O) groups excluding carboxylic acids is 3. The molecule has 1 unspecified atom stereocenters. The first-order valence-electron chi connectivity index (χ1n) is 11.5. The van der Waals surface area contributed by atoms with Crippen molar-refractivity contribution in [3.63, 3.8) is 0 Å². The van der Waals surface area contributed by atoms with Gasteiger partial charge in [0.1, 0.15) is 11.6 Å². The number of ether oxygens (including phenoxy) is 1. The summed E-state index contributed by atoms with van der Waals surface area (Å²) in [5, 5.41) is 5.24. The molecular weight excluding hydrogens is 482 g/mol. The molecule has 4 rings (SSSR count). The van der Waals surface area contributed by atoms with Gasteiger partial charge in [-0.2, -0.15) is 0 Å². The first-order valence-corrected chi connectivity index (χ1v) is 11.5. The number of amides is 3. The van der Waals surface area contributed by atoms with Gasteiger partial charge in [0.05, 0.1) is 30.5 Å². The Morgan fingerprint density at radius 2 is 1.78 bits per heavy atom. The number of halogens is 2. The highest BCUT2D eigenvalue weighted by molar-refractivity contribution is 5.97. The fourth-order valence-corrected chi connectivity index (χ4v) is 4.04. The number of rotatable bonds is 8. The predicted octanol–water partition coefficient (Wildman–Crippen LogP) is 3.87. The van der Waals surface area contributed by atoms with Gasteiger partial charge in [0.2, 0.25) is 0 Å². The van der Waals surface area contributed by atoms with Crippen LogP contribution in [0, 0.1) is 11.6 Å². The van der Waals surface area contributed by atoms with Crippen molar-refractivity contribution < 1.29 is 27.9 Å². The van der Waals surface area contributed by atoms with Crippen molar-refractivity contribution in [1.29, 1.82) is 0 Å². The first-order chi connectivity index (χ1) is 17.9. The maximum atomic E-state index is 14.0. The summed E-state index contributed by atoms with van der Waals surface area (Å²) in [4.78, 5) is 44.6. The Morgan fingerprint density at radius 1 is 1.03 bits per heavy atom. The lowest BCUT2D eigenvalue weighted by atomic mass is 9.94. The molecule has 3 amide bonds. The number of nitrogens with zero attached hydrogens (tertiary/aromatic N) is 2. The van der Waals surface area contributed by atoms with Crippen LogP contribution in [-0.2, 0) is 16.1 Å². The van der Waals surface area contributed by atoms with Gasteiger partial charge in [0, 0.05) is 24.5 Å². The molecule has 0 fully saturated rings. The maximum absolute atomic E-state index is 14.0. The molecule has 0 saturated heterocycles. The molecule has 0 spiro atoms. The lowest BCUT2D eigenvalue weighted by Crippen LogP contribution is -2.49. The van der Waals surface area contributed by atoms with Gasteiger partial charge in [-0.25, -0.2) is 18.4 Å². The molecular formula is C27H24F2N4O4. The largest absolute Gasteiger partial charge is 0.463 e. The van der Waals surface area contributed by atoms with Gasteiger partial charge >= 0.3 is 12.0 Å². The molecule has 37 heavy (non-hydrogen) atoms. The van der Waals surface area contributed by atoms with Gasteiger partial charge in [-0.3, -0.25) is 9.78 Å². The average Bonchev–Trinajstić information content (AvgIpc) is 2.88. The molecule has 1 aromatic heterocycles. The summed E-state index contributed by atoms with van der Waals surface area (Å²) in [5.74, 6) is -2.40. The van der Waals surface area contributed by atoms with Crippen molar-refractivity contribution >= 4 is 17.9 Å². The van der Waals surface area contributed by atoms with Crippen molar-refractivity contribution in [3.8, 4) is 0 Å². The standard InChI is InChI=1S/C27H24F2N4O4/c1-2-37-26(35)23-22(31-27(36)32-24(23)18-7-3-9-20(28)12-18)16-33(15-17-6-5-11-30-14-17)25(34)19-8-4-10-21(29)13-19/h3-14,24H,2,15-16H2,1H3,(H2,31,32,36). The molecule has 0 aliphatic carbocycles. The van der Waals surface area contributed by atoms with Crippen LogP contribution in [0.3, 0.4) is 0 Å². The summed E-state index contributed by atoms with van der Waals surface area (Å²) in [6, 6.07) is 12.5. The van der Waals surface area contributed by atoms with Crippen LogP contribution in [0.15, 0.2) is 84.3 Å². The Balaban J connectivity index is 1.79. The Labute approximate surface area is 212 Å². The summed E-state index contributed by atoms with van der Waals surface area (Å²) < 4.78 is 33.2. The van der Waals surface area contributed by atoms with E-state index < -0.39 is 35.6 Å². The van der Waals surface area contributed by atoms with Gasteiger partial charge in [0.25, 0.3) is 5.91 Å². The number of aromatic nitrogens is 1. The van der Waals surface area contributed by atoms with E-state index in [1.165, 1.54) is 41.3 Å². The quantitative estimate of drug-likeness (QED) is 0.452. The zero-order valence-corrected chi connectivity index (χ0v) is 19.9. The first kappa shape index (κ1) is 25.5. The van der Waals surface area contributed by atoms with Crippen LogP contribution in [0.5, 0.6) is 0 Å². The fraction of sp³-hybridized carbons (Fsp3) is 0.185. The predicted molar refractivity (Wildman–Crippen MR) is 130 cm³/mol. The van der Waals surface area contributed by atoms with Gasteiger partial charge < -0.3 is 20.3 Å². The fourth-order valence-electron chi connectivity index (χ4n) is 4.04. The lowest BCUT2D eigenvalue weighted by Gasteiger charge is -2.32. The van der Waals surface area contributed by atoms with Gasteiger partial charge in [0.15, 0.2) is 0 Å². The summed E-state index contributed by atoms with van der Waals surface area (Å²) in [6.07, 6.45) is 3.16. The summed E-state index contributed by atoms with van der Waals surface area (Å²) in [6.45, 7) is 1.52. The third-order valence-corrected chi connectivity index (χ3v) is 5.63. The van der Waals surface area contributed by atoms with Crippen LogP contribution >= 0.6 is 0 Å². The number of hydrogen-bond donors (Lipinski definition) is 2. The van der Waals surface area contributed by atoms with E-state index in [9.17, 15) is 23.2 Å². The second-order valence-corrected chi connectivity index (χ2v) is 8.23. The van der Waals surface area contributed by atoms with E-state index in [4.69, 9.17) is 4.74 Å². The van der Waals surface area contributed by atoms with E-state index in [2.05, 4.69) is 15.6 Å². The van der Waals surface area contributed by atoms with E-state index in [1.807, 2.05) is 0 Å². The molecule has 8 nitrogen and oxygen atoms in total. The zero-order valence-electron chi connectivity index (χ0n) is 19.9. The van der Waals surface area contributed by atoms with Crippen LogP contribution in [-0.4, -0.2) is 40.9 Å². The number of hydrogen-bond acceptors (Lipinski definition) is 5. The minimum atomic E-state index is -1.02. The minimum Gasteiger partial charge on any atom is -0.463 e. The highest BCUT2D eigenvalue weighted by Gasteiger charge is 2.35. The molecule has 3 aromatic rings. The Hall–Kier alpha value is -4.60. The molecule has 2 heterocycles. The molecule has 10 heteroatoms. The molecule has 1 aliphatic heterocycles. The van der Waals surface area contributed by atoms with Gasteiger partial charge in [-0.1, -0.05) is 24.3 Å². The van der Waals surface area contributed by atoms with Gasteiger partial charge in [-0.15, -0.1) is 0 Å². The topological polar surface area (TPSA) is 101 Å². The van der Waals surface area contributed by atoms with E-state index in [0.29, 0.717) is 11.1 Å². The summed E-state index contributed by atoms with van der Waals surface area (Å²) >= 11 is 0. The van der Waals surface area contributed by atoms with Crippen molar-refractivity contribution in [2.24, 2.45) is 0 Å². The van der Waals surface area contributed by atoms with E-state index >= 15 is 0 Å². The average molecular weight is 507 g/mol. The molecule has 2 N–H and O–H groups in total. The Morgan fingerprint density at radius 3 is 2.46 bits per heavy atom. The molecule has 1 aliphatic rings. The summed E-state index contributed by atoms with van der Waals surface area (Å²) in [5.41, 5.74) is 1.21. The number of urea groups is 1. The van der Waals surface area contributed by atoms with Crippen molar-refractivity contribution in [2.75, 3.05) is 13.2 Å². The van der Waals surface area contributed by atoms with Crippen molar-refractivity contribution in [3.05, 3.63) is 113 Å². The normalized spacial score (nSPS) is 15.0. The molecule has 2 aromatic carbocycles. The van der Waals surface area contributed by atoms with Gasteiger partial charge in [-0.05, 0) is 54.4 Å². The number of nitrogens with one attached hydrogen (secondary N) is 2. The van der Waals surface area contributed by atoms with E-state index in [1.54, 1.807) is 37.5 Å². The highest BCUT2D eigenvalue weighted by atomic mass is 19.1. The third kappa shape index (κ3) is 6.16. The molecule has 190 valence electrons. The number of pyridine rings is 1. The van der Waals surface area contributed by atoms with Crippen molar-refractivity contribution in [2.45, 2.75) is 19.5 Å².